The van der Waals surface area contributed by atoms with Crippen LogP contribution >= 0.6 is 0 Å². The zero-order valence-corrected chi connectivity index (χ0v) is 13.2. The summed E-state index contributed by atoms with van der Waals surface area (Å²) in [5.74, 6) is -0.601. The maximum absolute atomic E-state index is 12.5. The highest BCUT2D eigenvalue weighted by Gasteiger charge is 2.49. The summed E-state index contributed by atoms with van der Waals surface area (Å²) < 4.78 is 25.5. The smallest absolute Gasteiger partial charge is 0.238 e. The first-order chi connectivity index (χ1) is 9.63. The van der Waals surface area contributed by atoms with Crippen LogP contribution in [-0.4, -0.2) is 45.5 Å². The van der Waals surface area contributed by atoms with E-state index in [0.29, 0.717) is 16.8 Å². The van der Waals surface area contributed by atoms with Crippen molar-refractivity contribution >= 4 is 21.6 Å². The van der Waals surface area contributed by atoms with Crippen molar-refractivity contribution < 1.29 is 13.2 Å². The van der Waals surface area contributed by atoms with Gasteiger partial charge in [0, 0.05) is 26.8 Å². The van der Waals surface area contributed by atoms with Gasteiger partial charge in [-0.25, -0.2) is 12.7 Å². The van der Waals surface area contributed by atoms with E-state index in [4.69, 9.17) is 5.26 Å². The third-order valence-corrected chi connectivity index (χ3v) is 5.94. The lowest BCUT2D eigenvalue weighted by Crippen LogP contribution is -2.44. The van der Waals surface area contributed by atoms with E-state index in [1.807, 2.05) is 6.07 Å². The largest absolute Gasteiger partial charge is 0.314 e. The molecular formula is C14H17N3O3S. The fraction of sp³-hybridized carbons (Fsp3) is 0.429. The number of likely N-dealkylation sites (N-methyl/N-ethyl adjacent to an activating group) is 1. The van der Waals surface area contributed by atoms with Crippen LogP contribution in [0.1, 0.15) is 18.1 Å². The van der Waals surface area contributed by atoms with Gasteiger partial charge in [0.25, 0.3) is 0 Å². The minimum absolute atomic E-state index is 0.280. The topological polar surface area (TPSA) is 81.5 Å². The van der Waals surface area contributed by atoms with E-state index in [-0.39, 0.29) is 11.7 Å². The third-order valence-electron chi connectivity index (χ3n) is 3.89. The van der Waals surface area contributed by atoms with Crippen LogP contribution in [-0.2, 0) is 20.2 Å². The van der Waals surface area contributed by atoms with E-state index in [0.717, 1.165) is 4.31 Å². The van der Waals surface area contributed by atoms with E-state index in [1.165, 1.54) is 19.0 Å². The lowest BCUT2D eigenvalue weighted by molar-refractivity contribution is -0.121. The molecule has 0 radical (unpaired) electrons. The Morgan fingerprint density at radius 3 is 2.52 bits per heavy atom. The van der Waals surface area contributed by atoms with Crippen LogP contribution in [0.25, 0.3) is 0 Å². The molecule has 0 N–H and O–H groups in total. The number of carbonyl (C=O) groups excluding carboxylic acids is 1. The molecule has 1 atom stereocenters. The second kappa shape index (κ2) is 4.83. The van der Waals surface area contributed by atoms with Gasteiger partial charge in [-0.2, -0.15) is 5.26 Å². The van der Waals surface area contributed by atoms with Crippen molar-refractivity contribution in [1.82, 2.24) is 4.31 Å². The molecule has 0 aliphatic carbocycles. The van der Waals surface area contributed by atoms with E-state index in [9.17, 15) is 13.2 Å². The number of benzene rings is 1. The van der Waals surface area contributed by atoms with E-state index in [2.05, 4.69) is 0 Å². The Kier molecular flexibility index (Phi) is 3.56. The van der Waals surface area contributed by atoms with Gasteiger partial charge in [-0.05, 0) is 30.7 Å². The average molecular weight is 307 g/mol. The molecule has 0 aromatic heterocycles. The van der Waals surface area contributed by atoms with Gasteiger partial charge >= 0.3 is 0 Å². The van der Waals surface area contributed by atoms with Crippen LogP contribution < -0.4 is 4.90 Å². The standard InChI is InChI=1S/C14H17N3O3S/c1-14(9-21(19,20)16(2)3)11-7-10(8-15)5-6-12(11)17(4)13(14)18/h5-7H,9H2,1-4H3. The van der Waals surface area contributed by atoms with E-state index >= 15 is 0 Å². The molecule has 0 bridgehead atoms. The van der Waals surface area contributed by atoms with Crippen LogP contribution in [0.4, 0.5) is 5.69 Å². The van der Waals surface area contributed by atoms with Gasteiger partial charge in [0.2, 0.25) is 15.9 Å². The van der Waals surface area contributed by atoms with Crippen molar-refractivity contribution in [3.63, 3.8) is 0 Å². The lowest BCUT2D eigenvalue weighted by atomic mass is 9.85. The van der Waals surface area contributed by atoms with E-state index in [1.54, 1.807) is 32.2 Å². The molecule has 7 heteroatoms. The molecule has 0 saturated heterocycles. The first kappa shape index (κ1) is 15.5. The molecule has 6 nitrogen and oxygen atoms in total. The average Bonchev–Trinajstić information content (AvgIpc) is 2.60. The maximum Gasteiger partial charge on any atom is 0.238 e. The number of amides is 1. The summed E-state index contributed by atoms with van der Waals surface area (Å²) in [6.45, 7) is 1.61. The van der Waals surface area contributed by atoms with Gasteiger partial charge in [-0.15, -0.1) is 0 Å². The van der Waals surface area contributed by atoms with Crippen molar-refractivity contribution in [2.24, 2.45) is 0 Å². The number of hydrogen-bond acceptors (Lipinski definition) is 4. The van der Waals surface area contributed by atoms with Crippen LogP contribution in [0.5, 0.6) is 0 Å². The monoisotopic (exact) mass is 307 g/mol. The molecule has 112 valence electrons. The molecule has 1 amide bonds. The Balaban J connectivity index is 2.61. The summed E-state index contributed by atoms with van der Waals surface area (Å²) in [4.78, 5) is 14.0. The minimum Gasteiger partial charge on any atom is -0.314 e. The molecule has 1 aromatic rings. The second-order valence-electron chi connectivity index (χ2n) is 5.58. The SMILES string of the molecule is CN1C(=O)C(C)(CS(=O)(=O)N(C)C)c2cc(C#N)ccc21. The van der Waals surface area contributed by atoms with Crippen LogP contribution in [0, 0.1) is 11.3 Å². The van der Waals surface area contributed by atoms with Gasteiger partial charge < -0.3 is 4.90 Å². The molecule has 0 fully saturated rings. The van der Waals surface area contributed by atoms with Gasteiger partial charge in [0.05, 0.1) is 22.8 Å². The highest BCUT2D eigenvalue weighted by molar-refractivity contribution is 7.89. The number of sulfonamides is 1. The van der Waals surface area contributed by atoms with Crippen LogP contribution in [0.2, 0.25) is 0 Å². The first-order valence-electron chi connectivity index (χ1n) is 6.36. The molecular weight excluding hydrogens is 290 g/mol. The van der Waals surface area contributed by atoms with E-state index < -0.39 is 15.4 Å². The molecule has 1 aliphatic rings. The molecule has 0 saturated carbocycles. The fourth-order valence-corrected chi connectivity index (χ4v) is 3.83. The molecule has 1 aliphatic heterocycles. The van der Waals surface area contributed by atoms with Gasteiger partial charge in [0.15, 0.2) is 0 Å². The Morgan fingerprint density at radius 2 is 2.00 bits per heavy atom. The van der Waals surface area contributed by atoms with Crippen molar-refractivity contribution in [2.75, 3.05) is 31.8 Å². The van der Waals surface area contributed by atoms with Gasteiger partial charge in [-0.1, -0.05) is 0 Å². The number of anilines is 1. The zero-order chi connectivity index (χ0) is 16.0. The summed E-state index contributed by atoms with van der Waals surface area (Å²) in [6.07, 6.45) is 0. The minimum atomic E-state index is -3.56. The predicted molar refractivity (Wildman–Crippen MR) is 79.4 cm³/mol. The summed E-state index contributed by atoms with van der Waals surface area (Å²) in [6, 6.07) is 6.92. The van der Waals surface area contributed by atoms with Crippen molar-refractivity contribution in [1.29, 1.82) is 5.26 Å². The highest BCUT2D eigenvalue weighted by atomic mass is 32.2. The number of hydrogen-bond donors (Lipinski definition) is 0. The Bertz CT molecular complexity index is 749. The lowest BCUT2D eigenvalue weighted by Gasteiger charge is -2.25. The second-order valence-corrected chi connectivity index (χ2v) is 7.76. The Labute approximate surface area is 124 Å². The number of nitriles is 1. The highest BCUT2D eigenvalue weighted by Crippen LogP contribution is 2.42. The number of rotatable bonds is 3. The fourth-order valence-electron chi connectivity index (χ4n) is 2.57. The molecule has 0 spiro atoms. The third kappa shape index (κ3) is 2.30. The zero-order valence-electron chi connectivity index (χ0n) is 12.4. The molecule has 1 aromatic carbocycles. The number of nitrogens with zero attached hydrogens (tertiary/aromatic N) is 3. The Hall–Kier alpha value is -1.91. The van der Waals surface area contributed by atoms with Gasteiger partial charge in [-0.3, -0.25) is 4.79 Å². The first-order valence-corrected chi connectivity index (χ1v) is 7.97. The van der Waals surface area contributed by atoms with Crippen molar-refractivity contribution in [3.8, 4) is 6.07 Å². The summed E-state index contributed by atoms with van der Waals surface area (Å²) in [5, 5.41) is 9.02. The predicted octanol–water partition coefficient (Wildman–Crippen LogP) is 0.684. The summed E-state index contributed by atoms with van der Waals surface area (Å²) in [5.41, 5.74) is 0.459. The number of fused-ring (bicyclic) bond motifs is 1. The molecule has 1 unspecified atom stereocenters. The van der Waals surface area contributed by atoms with Crippen LogP contribution in [0.15, 0.2) is 18.2 Å². The molecule has 2 rings (SSSR count). The van der Waals surface area contributed by atoms with Gasteiger partial charge in [0.1, 0.15) is 0 Å². The maximum atomic E-state index is 12.5. The van der Waals surface area contributed by atoms with Crippen molar-refractivity contribution in [3.05, 3.63) is 29.3 Å². The molecule has 21 heavy (non-hydrogen) atoms. The normalized spacial score (nSPS) is 21.5. The van der Waals surface area contributed by atoms with Crippen molar-refractivity contribution in [2.45, 2.75) is 12.3 Å². The Morgan fingerprint density at radius 1 is 1.38 bits per heavy atom. The quantitative estimate of drug-likeness (QED) is 0.822. The summed E-state index contributed by atoms with van der Waals surface area (Å²) >= 11 is 0. The number of carbonyl (C=O) groups is 1. The van der Waals surface area contributed by atoms with Crippen LogP contribution in [0.3, 0.4) is 0 Å². The molecule has 1 heterocycles. The summed E-state index contributed by atoms with van der Waals surface area (Å²) in [7, 11) is 0.934.